The standard InChI is InChI=1S/C14H19BNOSi/c1-14(2,3)18(17-4)16-10-6-8-12-7-5-9-13(15)11-12/h5,7,9,11,16H,10H2,1-4H3. The molecule has 0 aliphatic rings. The molecule has 3 radical (unpaired) electrons. The van der Waals surface area contributed by atoms with Gasteiger partial charge in [-0.1, -0.05) is 56.3 Å². The van der Waals surface area contributed by atoms with Crippen LogP contribution in [0.2, 0.25) is 5.04 Å². The van der Waals surface area contributed by atoms with Gasteiger partial charge in [0.05, 0.1) is 6.54 Å². The van der Waals surface area contributed by atoms with E-state index in [1.807, 2.05) is 24.3 Å². The molecule has 93 valence electrons. The average molecular weight is 256 g/mol. The molecule has 1 aromatic carbocycles. The highest BCUT2D eigenvalue weighted by Crippen LogP contribution is 2.24. The van der Waals surface area contributed by atoms with E-state index in [0.29, 0.717) is 6.54 Å². The SMILES string of the molecule is [B]c1cccc(C#CCN[Si](OC)C(C)(C)C)c1. The van der Waals surface area contributed by atoms with Gasteiger partial charge in [-0.2, -0.15) is 0 Å². The van der Waals surface area contributed by atoms with Crippen LogP contribution >= 0.6 is 0 Å². The van der Waals surface area contributed by atoms with Crippen molar-refractivity contribution in [2.24, 2.45) is 0 Å². The lowest BCUT2D eigenvalue weighted by atomic mass is 9.95. The molecule has 0 aliphatic heterocycles. The number of nitrogens with one attached hydrogen (secondary N) is 1. The van der Waals surface area contributed by atoms with Crippen molar-refractivity contribution in [3.05, 3.63) is 29.8 Å². The summed E-state index contributed by atoms with van der Waals surface area (Å²) in [4.78, 5) is 3.37. The first-order chi connectivity index (χ1) is 8.43. The Morgan fingerprint density at radius 3 is 2.67 bits per heavy atom. The molecule has 0 fully saturated rings. The average Bonchev–Trinajstić information content (AvgIpc) is 2.27. The summed E-state index contributed by atoms with van der Waals surface area (Å²) in [5.74, 6) is 6.18. The van der Waals surface area contributed by atoms with E-state index in [4.69, 9.17) is 12.3 Å². The molecule has 4 heteroatoms. The predicted octanol–water partition coefficient (Wildman–Crippen LogP) is 1.36. The van der Waals surface area contributed by atoms with Gasteiger partial charge in [-0.25, -0.2) is 0 Å². The van der Waals surface area contributed by atoms with Crippen LogP contribution in [0.3, 0.4) is 0 Å². The van der Waals surface area contributed by atoms with Crippen molar-refractivity contribution in [2.75, 3.05) is 13.7 Å². The Bertz CT molecular complexity index is 445. The number of rotatable bonds is 3. The minimum absolute atomic E-state index is 0.151. The third kappa shape index (κ3) is 5.09. The zero-order valence-electron chi connectivity index (χ0n) is 11.5. The van der Waals surface area contributed by atoms with E-state index in [0.717, 1.165) is 11.0 Å². The fourth-order valence-electron chi connectivity index (χ4n) is 1.53. The van der Waals surface area contributed by atoms with E-state index in [9.17, 15) is 0 Å². The summed E-state index contributed by atoms with van der Waals surface area (Å²) in [5, 5.41) is 0.151. The molecule has 2 nitrogen and oxygen atoms in total. The molecule has 0 aromatic heterocycles. The molecule has 0 saturated heterocycles. The lowest BCUT2D eigenvalue weighted by molar-refractivity contribution is 0.379. The molecule has 1 N–H and O–H groups in total. The molecule has 0 bridgehead atoms. The van der Waals surface area contributed by atoms with Gasteiger partial charge in [0.1, 0.15) is 7.85 Å². The Labute approximate surface area is 113 Å². The van der Waals surface area contributed by atoms with Crippen molar-refractivity contribution in [3.63, 3.8) is 0 Å². The van der Waals surface area contributed by atoms with Crippen molar-refractivity contribution in [1.82, 2.24) is 4.98 Å². The number of benzene rings is 1. The van der Waals surface area contributed by atoms with E-state index >= 15 is 0 Å². The number of hydrogen-bond donors (Lipinski definition) is 1. The van der Waals surface area contributed by atoms with Crippen LogP contribution in [-0.2, 0) is 4.43 Å². The molecule has 0 heterocycles. The maximum absolute atomic E-state index is 5.69. The van der Waals surface area contributed by atoms with Gasteiger partial charge in [-0.3, -0.25) is 0 Å². The number of hydrogen-bond acceptors (Lipinski definition) is 2. The smallest absolute Gasteiger partial charge is 0.309 e. The van der Waals surface area contributed by atoms with Crippen LogP contribution in [0.5, 0.6) is 0 Å². The Kier molecular flexibility index (Phi) is 5.68. The van der Waals surface area contributed by atoms with Gasteiger partial charge in [0, 0.05) is 12.7 Å². The van der Waals surface area contributed by atoms with Crippen molar-refractivity contribution < 1.29 is 4.43 Å². The second-order valence-corrected chi connectivity index (χ2v) is 7.98. The molecular formula is C14H19BNOSi. The molecule has 0 spiro atoms. The summed E-state index contributed by atoms with van der Waals surface area (Å²) in [5.41, 5.74) is 1.69. The summed E-state index contributed by atoms with van der Waals surface area (Å²) < 4.78 is 5.49. The van der Waals surface area contributed by atoms with Crippen LogP contribution in [0.4, 0.5) is 0 Å². The first kappa shape index (κ1) is 15.0. The van der Waals surface area contributed by atoms with Gasteiger partial charge in [0.2, 0.25) is 0 Å². The molecule has 0 aliphatic carbocycles. The highest BCUT2D eigenvalue weighted by atomic mass is 28.3. The predicted molar refractivity (Wildman–Crippen MR) is 79.2 cm³/mol. The van der Waals surface area contributed by atoms with Crippen molar-refractivity contribution in [1.29, 1.82) is 0 Å². The summed E-state index contributed by atoms with van der Waals surface area (Å²) in [6.45, 7) is 7.14. The van der Waals surface area contributed by atoms with E-state index in [2.05, 4.69) is 37.6 Å². The molecule has 1 aromatic rings. The van der Waals surface area contributed by atoms with Crippen LogP contribution in [0.25, 0.3) is 0 Å². The third-order valence-electron chi connectivity index (χ3n) is 2.34. The van der Waals surface area contributed by atoms with Crippen molar-refractivity contribution in [3.8, 4) is 11.8 Å². The molecule has 18 heavy (non-hydrogen) atoms. The fourth-order valence-corrected chi connectivity index (χ4v) is 3.07. The highest BCUT2D eigenvalue weighted by molar-refractivity contribution is 6.52. The van der Waals surface area contributed by atoms with Crippen LogP contribution in [0, 0.1) is 11.8 Å². The molecule has 0 saturated carbocycles. The normalized spacial score (nSPS) is 11.2. The van der Waals surface area contributed by atoms with E-state index < -0.39 is 9.20 Å². The Hall–Kier alpha value is -1.02. The van der Waals surface area contributed by atoms with Gasteiger partial charge in [-0.05, 0) is 11.1 Å². The zero-order valence-corrected chi connectivity index (χ0v) is 12.5. The summed E-state index contributed by atoms with van der Waals surface area (Å²) in [6, 6.07) is 7.59. The van der Waals surface area contributed by atoms with Gasteiger partial charge in [0.25, 0.3) is 0 Å². The van der Waals surface area contributed by atoms with E-state index in [1.165, 1.54) is 0 Å². The maximum atomic E-state index is 5.69. The second kappa shape index (κ2) is 6.79. The molecule has 0 atom stereocenters. The van der Waals surface area contributed by atoms with Gasteiger partial charge >= 0.3 is 9.20 Å². The Morgan fingerprint density at radius 2 is 2.11 bits per heavy atom. The van der Waals surface area contributed by atoms with E-state index in [1.54, 1.807) is 7.11 Å². The minimum Gasteiger partial charge on any atom is -0.406 e. The quantitative estimate of drug-likeness (QED) is 0.651. The fraction of sp³-hybridized carbons (Fsp3) is 0.429. The molecular weight excluding hydrogens is 237 g/mol. The molecule has 0 unspecified atom stereocenters. The molecule has 1 rings (SSSR count). The summed E-state index contributed by atoms with van der Waals surface area (Å²) >= 11 is 0. The Morgan fingerprint density at radius 1 is 1.39 bits per heavy atom. The van der Waals surface area contributed by atoms with E-state index in [-0.39, 0.29) is 5.04 Å². The third-order valence-corrected chi connectivity index (χ3v) is 4.61. The topological polar surface area (TPSA) is 21.3 Å². The monoisotopic (exact) mass is 256 g/mol. The van der Waals surface area contributed by atoms with Crippen LogP contribution < -0.4 is 10.4 Å². The van der Waals surface area contributed by atoms with Gasteiger partial charge < -0.3 is 9.41 Å². The van der Waals surface area contributed by atoms with Crippen molar-refractivity contribution >= 4 is 22.5 Å². The van der Waals surface area contributed by atoms with Crippen LogP contribution in [0.15, 0.2) is 24.3 Å². The maximum Gasteiger partial charge on any atom is 0.309 e. The Balaban J connectivity index is 2.52. The van der Waals surface area contributed by atoms with Gasteiger partial charge in [-0.15, -0.1) is 0 Å². The summed E-state index contributed by atoms with van der Waals surface area (Å²) in [6.07, 6.45) is 0. The lowest BCUT2D eigenvalue weighted by Gasteiger charge is -2.25. The zero-order chi connectivity index (χ0) is 13.6. The lowest BCUT2D eigenvalue weighted by Crippen LogP contribution is -2.43. The van der Waals surface area contributed by atoms with Crippen LogP contribution in [0.1, 0.15) is 26.3 Å². The summed E-state index contributed by atoms with van der Waals surface area (Å²) in [7, 11) is 6.40. The largest absolute Gasteiger partial charge is 0.406 e. The first-order valence-corrected chi connectivity index (χ1v) is 7.34. The van der Waals surface area contributed by atoms with Gasteiger partial charge in [0.15, 0.2) is 0 Å². The highest BCUT2D eigenvalue weighted by Gasteiger charge is 2.27. The minimum atomic E-state index is -1.04. The second-order valence-electron chi connectivity index (χ2n) is 5.06. The van der Waals surface area contributed by atoms with Crippen LogP contribution in [-0.4, -0.2) is 30.7 Å². The molecule has 0 amide bonds. The first-order valence-electron chi connectivity index (χ1n) is 5.93. The van der Waals surface area contributed by atoms with Crippen molar-refractivity contribution in [2.45, 2.75) is 25.8 Å².